The summed E-state index contributed by atoms with van der Waals surface area (Å²) in [6.45, 7) is 0. The number of hydrogen-bond acceptors (Lipinski definition) is 2. The van der Waals surface area contributed by atoms with Crippen LogP contribution in [0.25, 0.3) is 0 Å². The topological polar surface area (TPSA) is 39.8 Å². The van der Waals surface area contributed by atoms with Crippen LogP contribution in [-0.2, 0) is 14.1 Å². The molecule has 0 radical (unpaired) electrons. The highest BCUT2D eigenvalue weighted by molar-refractivity contribution is 9.10. The maximum Gasteiger partial charge on any atom is 0.346 e. The molecule has 0 bridgehead atoms. The number of aryl methyl sites for hydroxylation is 1. The Labute approximate surface area is 60.2 Å². The lowest BCUT2D eigenvalue weighted by Crippen LogP contribution is -2.19. The van der Waals surface area contributed by atoms with Crippen LogP contribution in [0.5, 0.6) is 0 Å². The van der Waals surface area contributed by atoms with E-state index in [0.29, 0.717) is 4.73 Å². The van der Waals surface area contributed by atoms with Crippen molar-refractivity contribution >= 4 is 15.9 Å². The summed E-state index contributed by atoms with van der Waals surface area (Å²) in [5.41, 5.74) is -0.123. The standard InChI is InChI=1S/C4H6BrN3O/c1-7-3(5)6-8(2)4(7)9/h1-2H3. The van der Waals surface area contributed by atoms with Gasteiger partial charge < -0.3 is 0 Å². The first-order valence-electron chi connectivity index (χ1n) is 2.38. The highest BCUT2D eigenvalue weighted by Gasteiger charge is 2.00. The minimum absolute atomic E-state index is 0.123. The van der Waals surface area contributed by atoms with Crippen molar-refractivity contribution in [1.29, 1.82) is 0 Å². The first-order chi connectivity index (χ1) is 4.13. The van der Waals surface area contributed by atoms with Gasteiger partial charge in [0.25, 0.3) is 0 Å². The van der Waals surface area contributed by atoms with Gasteiger partial charge >= 0.3 is 5.69 Å². The molecule has 0 unspecified atom stereocenters. The van der Waals surface area contributed by atoms with Crippen molar-refractivity contribution in [3.05, 3.63) is 15.2 Å². The predicted molar refractivity (Wildman–Crippen MR) is 36.1 cm³/mol. The second kappa shape index (κ2) is 1.98. The van der Waals surface area contributed by atoms with Gasteiger partial charge in [0.15, 0.2) is 0 Å². The fraction of sp³-hybridized carbons (Fsp3) is 0.500. The van der Waals surface area contributed by atoms with Crippen LogP contribution in [0, 0.1) is 0 Å². The third-order valence-corrected chi connectivity index (χ3v) is 1.76. The second-order valence-corrected chi connectivity index (χ2v) is 2.44. The van der Waals surface area contributed by atoms with E-state index < -0.39 is 0 Å². The Balaban J connectivity index is 3.48. The highest BCUT2D eigenvalue weighted by atomic mass is 79.9. The van der Waals surface area contributed by atoms with Crippen LogP contribution in [-0.4, -0.2) is 14.3 Å². The highest BCUT2D eigenvalue weighted by Crippen LogP contribution is 1.97. The Morgan fingerprint density at radius 1 is 1.56 bits per heavy atom. The average Bonchev–Trinajstić information content (AvgIpc) is 1.98. The fourth-order valence-corrected chi connectivity index (χ4v) is 0.919. The molecule has 0 atom stereocenters. The molecule has 5 heteroatoms. The average molecular weight is 192 g/mol. The van der Waals surface area contributed by atoms with Gasteiger partial charge in [-0.15, -0.1) is 5.10 Å². The van der Waals surface area contributed by atoms with Gasteiger partial charge in [0.2, 0.25) is 4.73 Å². The van der Waals surface area contributed by atoms with Crippen molar-refractivity contribution in [1.82, 2.24) is 14.3 Å². The monoisotopic (exact) mass is 191 g/mol. The lowest BCUT2D eigenvalue weighted by atomic mass is 11.0. The van der Waals surface area contributed by atoms with Gasteiger partial charge in [-0.1, -0.05) is 0 Å². The van der Waals surface area contributed by atoms with Gasteiger partial charge in [0.05, 0.1) is 0 Å². The zero-order valence-corrected chi connectivity index (χ0v) is 6.71. The first kappa shape index (κ1) is 6.54. The molecule has 0 saturated carbocycles. The number of aromatic nitrogens is 3. The summed E-state index contributed by atoms with van der Waals surface area (Å²) in [5.74, 6) is 0. The van der Waals surface area contributed by atoms with Crippen LogP contribution in [0.4, 0.5) is 0 Å². The Bertz CT molecular complexity index is 274. The van der Waals surface area contributed by atoms with Crippen LogP contribution in [0.1, 0.15) is 0 Å². The quantitative estimate of drug-likeness (QED) is 0.574. The van der Waals surface area contributed by atoms with E-state index in [-0.39, 0.29) is 5.69 Å². The van der Waals surface area contributed by atoms with Crippen molar-refractivity contribution in [3.63, 3.8) is 0 Å². The molecule has 0 aliphatic heterocycles. The van der Waals surface area contributed by atoms with Gasteiger partial charge in [-0.2, -0.15) is 0 Å². The maximum absolute atomic E-state index is 10.8. The van der Waals surface area contributed by atoms with Gasteiger partial charge in [-0.05, 0) is 15.9 Å². The van der Waals surface area contributed by atoms with Crippen molar-refractivity contribution in [3.8, 4) is 0 Å². The molecule has 0 amide bonds. The molecule has 0 saturated heterocycles. The molecule has 50 valence electrons. The molecule has 1 aromatic heterocycles. The van der Waals surface area contributed by atoms with Crippen molar-refractivity contribution in [2.24, 2.45) is 14.1 Å². The fourth-order valence-electron chi connectivity index (χ4n) is 0.530. The van der Waals surface area contributed by atoms with Gasteiger partial charge in [-0.3, -0.25) is 4.57 Å². The van der Waals surface area contributed by atoms with Crippen molar-refractivity contribution in [2.75, 3.05) is 0 Å². The Hall–Kier alpha value is -0.580. The smallest absolute Gasteiger partial charge is 0.273 e. The van der Waals surface area contributed by atoms with Gasteiger partial charge in [-0.25, -0.2) is 9.48 Å². The molecule has 0 fully saturated rings. The Kier molecular flexibility index (Phi) is 1.44. The molecular formula is C4H6BrN3O. The van der Waals surface area contributed by atoms with Gasteiger partial charge in [0, 0.05) is 14.1 Å². The molecule has 1 rings (SSSR count). The molecule has 1 heterocycles. The normalized spacial score (nSPS) is 10.1. The molecule has 0 aliphatic carbocycles. The number of halogens is 1. The zero-order chi connectivity index (χ0) is 7.02. The van der Waals surface area contributed by atoms with Gasteiger partial charge in [0.1, 0.15) is 0 Å². The Morgan fingerprint density at radius 2 is 2.11 bits per heavy atom. The van der Waals surface area contributed by atoms with E-state index in [9.17, 15) is 4.79 Å². The minimum atomic E-state index is -0.123. The molecule has 0 spiro atoms. The lowest BCUT2D eigenvalue weighted by Gasteiger charge is -1.82. The number of rotatable bonds is 0. The summed E-state index contributed by atoms with van der Waals surface area (Å²) < 4.78 is 3.24. The summed E-state index contributed by atoms with van der Waals surface area (Å²) >= 11 is 3.10. The summed E-state index contributed by atoms with van der Waals surface area (Å²) in [6.07, 6.45) is 0. The number of hydrogen-bond donors (Lipinski definition) is 0. The first-order valence-corrected chi connectivity index (χ1v) is 3.17. The lowest BCUT2D eigenvalue weighted by molar-refractivity contribution is 0.713. The van der Waals surface area contributed by atoms with E-state index in [1.165, 1.54) is 9.25 Å². The number of nitrogens with zero attached hydrogens (tertiary/aromatic N) is 3. The SMILES string of the molecule is Cn1nc(Br)n(C)c1=O. The summed E-state index contributed by atoms with van der Waals surface area (Å²) in [4.78, 5) is 10.8. The molecular weight excluding hydrogens is 186 g/mol. The van der Waals surface area contributed by atoms with E-state index in [4.69, 9.17) is 0 Å². The summed E-state index contributed by atoms with van der Waals surface area (Å²) in [7, 11) is 3.26. The van der Waals surface area contributed by atoms with Crippen LogP contribution >= 0.6 is 15.9 Å². The largest absolute Gasteiger partial charge is 0.346 e. The van der Waals surface area contributed by atoms with Crippen LogP contribution < -0.4 is 5.69 Å². The molecule has 0 N–H and O–H groups in total. The summed E-state index contributed by atoms with van der Waals surface area (Å²) in [6, 6.07) is 0. The third kappa shape index (κ3) is 0.917. The molecule has 9 heavy (non-hydrogen) atoms. The molecule has 0 aromatic carbocycles. The molecule has 0 aliphatic rings. The third-order valence-electron chi connectivity index (χ3n) is 1.07. The Morgan fingerprint density at radius 3 is 2.22 bits per heavy atom. The van der Waals surface area contributed by atoms with Crippen molar-refractivity contribution in [2.45, 2.75) is 0 Å². The summed E-state index contributed by atoms with van der Waals surface area (Å²) in [5, 5.41) is 3.79. The van der Waals surface area contributed by atoms with Crippen LogP contribution in [0.3, 0.4) is 0 Å². The maximum atomic E-state index is 10.8. The minimum Gasteiger partial charge on any atom is -0.273 e. The van der Waals surface area contributed by atoms with E-state index in [1.807, 2.05) is 0 Å². The zero-order valence-electron chi connectivity index (χ0n) is 5.13. The van der Waals surface area contributed by atoms with E-state index in [0.717, 1.165) is 0 Å². The molecule has 1 aromatic rings. The van der Waals surface area contributed by atoms with Crippen molar-refractivity contribution < 1.29 is 0 Å². The van der Waals surface area contributed by atoms with E-state index in [1.54, 1.807) is 14.1 Å². The van der Waals surface area contributed by atoms with Crippen LogP contribution in [0.2, 0.25) is 0 Å². The van der Waals surface area contributed by atoms with E-state index >= 15 is 0 Å². The van der Waals surface area contributed by atoms with Crippen LogP contribution in [0.15, 0.2) is 9.53 Å². The second-order valence-electron chi connectivity index (χ2n) is 1.73. The van der Waals surface area contributed by atoms with E-state index in [2.05, 4.69) is 21.0 Å². The predicted octanol–water partition coefficient (Wildman–Crippen LogP) is -0.119. The molecule has 4 nitrogen and oxygen atoms in total.